The Balaban J connectivity index is 1.40. The van der Waals surface area contributed by atoms with Crippen molar-refractivity contribution in [3.8, 4) is 11.5 Å². The zero-order chi connectivity index (χ0) is 15.8. The Morgan fingerprint density at radius 3 is 2.70 bits per heavy atom. The second-order valence-electron chi connectivity index (χ2n) is 6.26. The van der Waals surface area contributed by atoms with Gasteiger partial charge in [-0.05, 0) is 56.1 Å². The summed E-state index contributed by atoms with van der Waals surface area (Å²) in [6.07, 6.45) is 2.14. The molecule has 7 heteroatoms. The quantitative estimate of drug-likeness (QED) is 0.898. The van der Waals surface area contributed by atoms with E-state index in [0.29, 0.717) is 18.7 Å². The topological polar surface area (TPSA) is 89.3 Å². The SMILES string of the molecule is Cc1cc2c(cc1CN1CCC(c3nc(N)n[nH]3)CC1)OCO2. The first-order valence-corrected chi connectivity index (χ1v) is 7.98. The lowest BCUT2D eigenvalue weighted by molar-refractivity contribution is 0.173. The molecule has 1 saturated heterocycles. The summed E-state index contributed by atoms with van der Waals surface area (Å²) in [4.78, 5) is 6.73. The van der Waals surface area contributed by atoms with Crippen LogP contribution in [0.15, 0.2) is 12.1 Å². The highest BCUT2D eigenvalue weighted by molar-refractivity contribution is 5.48. The molecule has 2 aliphatic rings. The van der Waals surface area contributed by atoms with Crippen LogP contribution >= 0.6 is 0 Å². The summed E-state index contributed by atoms with van der Waals surface area (Å²) in [5, 5.41) is 6.87. The van der Waals surface area contributed by atoms with E-state index in [1.165, 1.54) is 11.1 Å². The molecule has 0 unspecified atom stereocenters. The maximum Gasteiger partial charge on any atom is 0.239 e. The number of aromatic amines is 1. The van der Waals surface area contributed by atoms with Crippen molar-refractivity contribution < 1.29 is 9.47 Å². The van der Waals surface area contributed by atoms with Crippen LogP contribution in [0.5, 0.6) is 11.5 Å². The number of H-pyrrole nitrogens is 1. The first-order chi connectivity index (χ1) is 11.2. The van der Waals surface area contributed by atoms with E-state index in [1.54, 1.807) is 0 Å². The Hall–Kier alpha value is -2.28. The van der Waals surface area contributed by atoms with E-state index in [1.807, 2.05) is 0 Å². The molecule has 4 rings (SSSR count). The third kappa shape index (κ3) is 2.84. The van der Waals surface area contributed by atoms with Crippen molar-refractivity contribution in [1.82, 2.24) is 20.1 Å². The van der Waals surface area contributed by atoms with E-state index in [2.05, 4.69) is 39.1 Å². The lowest BCUT2D eigenvalue weighted by Crippen LogP contribution is -2.33. The van der Waals surface area contributed by atoms with Crippen molar-refractivity contribution in [1.29, 1.82) is 0 Å². The Morgan fingerprint density at radius 1 is 1.26 bits per heavy atom. The highest BCUT2D eigenvalue weighted by atomic mass is 16.7. The van der Waals surface area contributed by atoms with Gasteiger partial charge < -0.3 is 15.2 Å². The number of anilines is 1. The molecule has 1 aromatic heterocycles. The van der Waals surface area contributed by atoms with E-state index in [4.69, 9.17) is 15.2 Å². The lowest BCUT2D eigenvalue weighted by atomic mass is 9.95. The lowest BCUT2D eigenvalue weighted by Gasteiger charge is -2.31. The molecule has 0 atom stereocenters. The van der Waals surface area contributed by atoms with Crippen LogP contribution in [0.1, 0.15) is 35.7 Å². The molecule has 23 heavy (non-hydrogen) atoms. The number of nitrogen functional groups attached to an aromatic ring is 1. The van der Waals surface area contributed by atoms with Crippen LogP contribution in [-0.2, 0) is 6.54 Å². The number of aryl methyl sites for hydroxylation is 1. The summed E-state index contributed by atoms with van der Waals surface area (Å²) in [6.45, 7) is 5.47. The number of likely N-dealkylation sites (tertiary alicyclic amines) is 1. The number of ether oxygens (including phenoxy) is 2. The van der Waals surface area contributed by atoms with E-state index < -0.39 is 0 Å². The van der Waals surface area contributed by atoms with Crippen LogP contribution in [0, 0.1) is 6.92 Å². The monoisotopic (exact) mass is 315 g/mol. The smallest absolute Gasteiger partial charge is 0.239 e. The normalized spacial score (nSPS) is 18.5. The molecule has 0 spiro atoms. The molecular weight excluding hydrogens is 294 g/mol. The van der Waals surface area contributed by atoms with Crippen molar-refractivity contribution in [3.05, 3.63) is 29.1 Å². The largest absolute Gasteiger partial charge is 0.454 e. The molecular formula is C16H21N5O2. The van der Waals surface area contributed by atoms with Gasteiger partial charge in [0.2, 0.25) is 12.7 Å². The first kappa shape index (κ1) is 14.3. The van der Waals surface area contributed by atoms with Gasteiger partial charge >= 0.3 is 0 Å². The fourth-order valence-electron chi connectivity index (χ4n) is 3.33. The maximum atomic E-state index is 5.59. The van der Waals surface area contributed by atoms with Crippen molar-refractivity contribution >= 4 is 5.95 Å². The number of fused-ring (bicyclic) bond motifs is 1. The fourth-order valence-corrected chi connectivity index (χ4v) is 3.33. The van der Waals surface area contributed by atoms with Gasteiger partial charge in [-0.1, -0.05) is 0 Å². The molecule has 2 aromatic rings. The predicted molar refractivity (Wildman–Crippen MR) is 85.3 cm³/mol. The van der Waals surface area contributed by atoms with Crippen molar-refractivity contribution in [2.24, 2.45) is 0 Å². The van der Waals surface area contributed by atoms with Gasteiger partial charge in [0.1, 0.15) is 5.82 Å². The van der Waals surface area contributed by atoms with Gasteiger partial charge in [-0.2, -0.15) is 4.98 Å². The zero-order valence-electron chi connectivity index (χ0n) is 13.2. The molecule has 3 heterocycles. The molecule has 2 aliphatic heterocycles. The van der Waals surface area contributed by atoms with Gasteiger partial charge in [0.25, 0.3) is 0 Å². The number of nitrogens with one attached hydrogen (secondary N) is 1. The van der Waals surface area contributed by atoms with Crippen LogP contribution < -0.4 is 15.2 Å². The van der Waals surface area contributed by atoms with Crippen LogP contribution in [0.25, 0.3) is 0 Å². The number of nitrogens with zero attached hydrogens (tertiary/aromatic N) is 3. The number of benzene rings is 1. The van der Waals surface area contributed by atoms with E-state index >= 15 is 0 Å². The maximum absolute atomic E-state index is 5.59. The second kappa shape index (κ2) is 5.73. The summed E-state index contributed by atoms with van der Waals surface area (Å²) in [6, 6.07) is 4.18. The van der Waals surface area contributed by atoms with Crippen molar-refractivity contribution in [2.75, 3.05) is 25.6 Å². The average molecular weight is 315 g/mol. The summed E-state index contributed by atoms with van der Waals surface area (Å²) >= 11 is 0. The minimum absolute atomic E-state index is 0.323. The summed E-state index contributed by atoms with van der Waals surface area (Å²) in [5.41, 5.74) is 8.14. The number of nitrogens with two attached hydrogens (primary N) is 1. The fraction of sp³-hybridized carbons (Fsp3) is 0.500. The standard InChI is InChI=1S/C16H21N5O2/c1-10-6-13-14(23-9-22-13)7-12(10)8-21-4-2-11(3-5-21)15-18-16(17)20-19-15/h6-7,11H,2-5,8-9H2,1H3,(H3,17,18,19,20). The molecule has 0 amide bonds. The molecule has 7 nitrogen and oxygen atoms in total. The summed E-state index contributed by atoms with van der Waals surface area (Å²) in [7, 11) is 0. The van der Waals surface area contributed by atoms with Crippen LogP contribution in [0.2, 0.25) is 0 Å². The molecule has 122 valence electrons. The summed E-state index contributed by atoms with van der Waals surface area (Å²) in [5.74, 6) is 3.39. The highest BCUT2D eigenvalue weighted by Gasteiger charge is 2.24. The molecule has 1 aromatic carbocycles. The third-order valence-electron chi connectivity index (χ3n) is 4.72. The second-order valence-corrected chi connectivity index (χ2v) is 6.26. The van der Waals surface area contributed by atoms with Crippen molar-refractivity contribution in [3.63, 3.8) is 0 Å². The number of piperidine rings is 1. The number of rotatable bonds is 3. The van der Waals surface area contributed by atoms with Crippen LogP contribution in [0.3, 0.4) is 0 Å². The van der Waals surface area contributed by atoms with Gasteiger partial charge in [-0.3, -0.25) is 10.00 Å². The molecule has 0 bridgehead atoms. The van der Waals surface area contributed by atoms with Gasteiger partial charge in [0.05, 0.1) is 0 Å². The minimum atomic E-state index is 0.323. The zero-order valence-corrected chi connectivity index (χ0v) is 13.2. The highest BCUT2D eigenvalue weighted by Crippen LogP contribution is 2.35. The molecule has 0 radical (unpaired) electrons. The van der Waals surface area contributed by atoms with Crippen LogP contribution in [0.4, 0.5) is 5.95 Å². The Labute approximate surface area is 134 Å². The van der Waals surface area contributed by atoms with E-state index in [-0.39, 0.29) is 0 Å². The van der Waals surface area contributed by atoms with Gasteiger partial charge in [0, 0.05) is 12.5 Å². The van der Waals surface area contributed by atoms with Gasteiger partial charge in [-0.15, -0.1) is 5.10 Å². The number of hydrogen-bond donors (Lipinski definition) is 2. The Kier molecular flexibility index (Phi) is 3.57. The minimum Gasteiger partial charge on any atom is -0.454 e. The van der Waals surface area contributed by atoms with E-state index in [9.17, 15) is 0 Å². The third-order valence-corrected chi connectivity index (χ3v) is 4.72. The van der Waals surface area contributed by atoms with E-state index in [0.717, 1.165) is 49.8 Å². The number of hydrogen-bond acceptors (Lipinski definition) is 6. The molecule has 0 saturated carbocycles. The Morgan fingerprint density at radius 2 is 2.00 bits per heavy atom. The molecule has 3 N–H and O–H groups in total. The molecule has 0 aliphatic carbocycles. The van der Waals surface area contributed by atoms with Crippen LogP contribution in [-0.4, -0.2) is 40.0 Å². The predicted octanol–water partition coefficient (Wildman–Crippen LogP) is 1.80. The number of aromatic nitrogens is 3. The summed E-state index contributed by atoms with van der Waals surface area (Å²) < 4.78 is 10.9. The Bertz CT molecular complexity index is 706. The van der Waals surface area contributed by atoms with Gasteiger partial charge in [0.15, 0.2) is 11.5 Å². The molecule has 1 fully saturated rings. The average Bonchev–Trinajstić information content (AvgIpc) is 3.17. The first-order valence-electron chi connectivity index (χ1n) is 7.98. The van der Waals surface area contributed by atoms with Gasteiger partial charge in [-0.25, -0.2) is 0 Å². The van der Waals surface area contributed by atoms with Crippen molar-refractivity contribution in [2.45, 2.75) is 32.2 Å².